The van der Waals surface area contributed by atoms with E-state index in [9.17, 15) is 4.39 Å². The number of rotatable bonds is 3. The van der Waals surface area contributed by atoms with Crippen LogP contribution in [0, 0.1) is 6.92 Å². The van der Waals surface area contributed by atoms with E-state index in [0.29, 0.717) is 32.3 Å². The molecule has 110 valence electrons. The van der Waals surface area contributed by atoms with Crippen LogP contribution in [0.3, 0.4) is 0 Å². The van der Waals surface area contributed by atoms with E-state index >= 15 is 0 Å². The van der Waals surface area contributed by atoms with Crippen molar-refractivity contribution in [3.8, 4) is 0 Å². The van der Waals surface area contributed by atoms with E-state index in [4.69, 9.17) is 4.74 Å². The first-order chi connectivity index (χ1) is 9.72. The minimum absolute atomic E-state index is 0.255. The largest absolute Gasteiger partial charge is 0.378 e. The quantitative estimate of drug-likeness (QED) is 0.833. The molecule has 0 radical (unpaired) electrons. The third-order valence-corrected chi connectivity index (χ3v) is 3.63. The Balaban J connectivity index is 1.75. The molecule has 2 fully saturated rings. The summed E-state index contributed by atoms with van der Waals surface area (Å²) in [6.07, 6.45) is -0.897. The average molecular weight is 281 g/mol. The minimum atomic E-state index is -0.897. The van der Waals surface area contributed by atoms with E-state index in [1.807, 2.05) is 13.0 Å². The van der Waals surface area contributed by atoms with Crippen molar-refractivity contribution in [2.24, 2.45) is 0 Å². The van der Waals surface area contributed by atoms with Crippen LogP contribution in [0.2, 0.25) is 0 Å². The van der Waals surface area contributed by atoms with E-state index in [2.05, 4.69) is 25.5 Å². The fourth-order valence-corrected chi connectivity index (χ4v) is 2.53. The third kappa shape index (κ3) is 2.99. The first-order valence-corrected chi connectivity index (χ1v) is 7.02. The summed E-state index contributed by atoms with van der Waals surface area (Å²) in [5.74, 6) is 1.38. The first kappa shape index (κ1) is 13.5. The zero-order valence-electron chi connectivity index (χ0n) is 11.6. The van der Waals surface area contributed by atoms with Gasteiger partial charge in [0.05, 0.1) is 19.3 Å². The third-order valence-electron chi connectivity index (χ3n) is 3.63. The van der Waals surface area contributed by atoms with Gasteiger partial charge in [-0.05, 0) is 6.92 Å². The average Bonchev–Trinajstić information content (AvgIpc) is 2.85. The molecule has 2 aliphatic heterocycles. The van der Waals surface area contributed by atoms with Crippen LogP contribution in [0.15, 0.2) is 6.07 Å². The molecule has 3 rings (SSSR count). The van der Waals surface area contributed by atoms with Crippen LogP contribution in [-0.4, -0.2) is 61.6 Å². The van der Waals surface area contributed by atoms with Gasteiger partial charge in [-0.15, -0.1) is 0 Å². The number of alkyl halides is 1. The monoisotopic (exact) mass is 281 g/mol. The first-order valence-electron chi connectivity index (χ1n) is 7.02. The van der Waals surface area contributed by atoms with Crippen molar-refractivity contribution in [2.75, 3.05) is 49.6 Å². The lowest BCUT2D eigenvalue weighted by Gasteiger charge is -2.28. The van der Waals surface area contributed by atoms with Crippen molar-refractivity contribution in [1.29, 1.82) is 0 Å². The van der Waals surface area contributed by atoms with Crippen LogP contribution >= 0.6 is 0 Å². The second-order valence-electron chi connectivity index (χ2n) is 5.22. The summed E-state index contributed by atoms with van der Waals surface area (Å²) in [5, 5.41) is 6.11. The number of morpholine rings is 1. The SMILES string of the molecule is Cc1cc(N2CCOCC2)nc(NC2CNCC2F)n1. The fraction of sp³-hybridized carbons (Fsp3) is 0.692. The van der Waals surface area contributed by atoms with Gasteiger partial charge in [-0.3, -0.25) is 0 Å². The number of aryl methyl sites for hydroxylation is 1. The number of anilines is 2. The van der Waals surface area contributed by atoms with Crippen LogP contribution in [-0.2, 0) is 4.74 Å². The molecule has 20 heavy (non-hydrogen) atoms. The van der Waals surface area contributed by atoms with Crippen LogP contribution in [0.25, 0.3) is 0 Å². The molecular formula is C13H20FN5O. The Morgan fingerprint density at radius 2 is 2.15 bits per heavy atom. The number of hydrogen-bond acceptors (Lipinski definition) is 6. The normalized spacial score (nSPS) is 26.8. The predicted molar refractivity (Wildman–Crippen MR) is 75.0 cm³/mol. The fourth-order valence-electron chi connectivity index (χ4n) is 2.53. The van der Waals surface area contributed by atoms with Crippen molar-refractivity contribution in [2.45, 2.75) is 19.1 Å². The zero-order chi connectivity index (χ0) is 13.9. The van der Waals surface area contributed by atoms with Crippen molar-refractivity contribution in [3.05, 3.63) is 11.8 Å². The topological polar surface area (TPSA) is 62.3 Å². The number of ether oxygens (including phenoxy) is 1. The van der Waals surface area contributed by atoms with Gasteiger partial charge in [0.2, 0.25) is 5.95 Å². The van der Waals surface area contributed by atoms with Crippen molar-refractivity contribution >= 4 is 11.8 Å². The Hall–Kier alpha value is -1.47. The second kappa shape index (κ2) is 5.88. The Kier molecular flexibility index (Phi) is 3.98. The summed E-state index contributed by atoms with van der Waals surface area (Å²) in [5.41, 5.74) is 0.880. The molecule has 0 aliphatic carbocycles. The number of halogens is 1. The molecule has 2 saturated heterocycles. The molecule has 0 aromatic carbocycles. The summed E-state index contributed by atoms with van der Waals surface area (Å²) < 4.78 is 19.0. The molecule has 2 atom stereocenters. The maximum absolute atomic E-state index is 13.6. The highest BCUT2D eigenvalue weighted by molar-refractivity contribution is 5.45. The molecule has 3 heterocycles. The molecule has 2 aliphatic rings. The van der Waals surface area contributed by atoms with Crippen LogP contribution in [0.5, 0.6) is 0 Å². The van der Waals surface area contributed by atoms with Crippen molar-refractivity contribution < 1.29 is 9.13 Å². The maximum Gasteiger partial charge on any atom is 0.225 e. The smallest absolute Gasteiger partial charge is 0.225 e. The van der Waals surface area contributed by atoms with Crippen molar-refractivity contribution in [1.82, 2.24) is 15.3 Å². The highest BCUT2D eigenvalue weighted by atomic mass is 19.1. The molecule has 1 aromatic heterocycles. The number of nitrogens with one attached hydrogen (secondary N) is 2. The Labute approximate surface area is 117 Å². The van der Waals surface area contributed by atoms with E-state index in [1.165, 1.54) is 0 Å². The van der Waals surface area contributed by atoms with Crippen LogP contribution in [0.1, 0.15) is 5.69 Å². The molecule has 2 unspecified atom stereocenters. The summed E-state index contributed by atoms with van der Waals surface area (Å²) in [7, 11) is 0. The zero-order valence-corrected chi connectivity index (χ0v) is 11.6. The van der Waals surface area contributed by atoms with E-state index in [1.54, 1.807) is 0 Å². The second-order valence-corrected chi connectivity index (χ2v) is 5.22. The molecule has 0 saturated carbocycles. The molecule has 7 heteroatoms. The highest BCUT2D eigenvalue weighted by Gasteiger charge is 2.27. The highest BCUT2D eigenvalue weighted by Crippen LogP contribution is 2.18. The Morgan fingerprint density at radius 3 is 2.85 bits per heavy atom. The summed E-state index contributed by atoms with van der Waals surface area (Å²) in [4.78, 5) is 11.0. The number of nitrogens with zero attached hydrogens (tertiary/aromatic N) is 3. The summed E-state index contributed by atoms with van der Waals surface area (Å²) >= 11 is 0. The lowest BCUT2D eigenvalue weighted by atomic mass is 10.2. The van der Waals surface area contributed by atoms with Gasteiger partial charge in [-0.1, -0.05) is 0 Å². The maximum atomic E-state index is 13.6. The molecule has 0 bridgehead atoms. The van der Waals surface area contributed by atoms with Gasteiger partial charge in [0.15, 0.2) is 0 Å². The lowest BCUT2D eigenvalue weighted by molar-refractivity contribution is 0.122. The summed E-state index contributed by atoms with van der Waals surface area (Å²) in [6.45, 7) is 6.00. The van der Waals surface area contributed by atoms with Gasteiger partial charge < -0.3 is 20.3 Å². The minimum Gasteiger partial charge on any atom is -0.378 e. The van der Waals surface area contributed by atoms with Gasteiger partial charge in [0.25, 0.3) is 0 Å². The van der Waals surface area contributed by atoms with Gasteiger partial charge in [-0.25, -0.2) is 9.37 Å². The predicted octanol–water partition coefficient (Wildman–Crippen LogP) is 0.343. The van der Waals surface area contributed by atoms with Crippen molar-refractivity contribution in [3.63, 3.8) is 0 Å². The van der Waals surface area contributed by atoms with Gasteiger partial charge in [0, 0.05) is 37.9 Å². The number of aromatic nitrogens is 2. The van der Waals surface area contributed by atoms with E-state index < -0.39 is 6.17 Å². The standard InChI is InChI=1S/C13H20FN5O/c1-9-6-12(19-2-4-20-5-3-19)18-13(16-9)17-11-8-15-7-10(11)14/h6,10-11,15H,2-5,7-8H2,1H3,(H,16,17,18). The van der Waals surface area contributed by atoms with Gasteiger partial charge in [0.1, 0.15) is 12.0 Å². The Morgan fingerprint density at radius 1 is 1.35 bits per heavy atom. The molecule has 2 N–H and O–H groups in total. The molecule has 0 spiro atoms. The number of hydrogen-bond donors (Lipinski definition) is 2. The van der Waals surface area contributed by atoms with Gasteiger partial charge >= 0.3 is 0 Å². The van der Waals surface area contributed by atoms with Crippen LogP contribution in [0.4, 0.5) is 16.2 Å². The molecule has 6 nitrogen and oxygen atoms in total. The molecule has 1 aromatic rings. The van der Waals surface area contributed by atoms with E-state index in [0.717, 1.165) is 24.6 Å². The Bertz CT molecular complexity index is 466. The summed E-state index contributed by atoms with van der Waals surface area (Å²) in [6, 6.07) is 1.70. The molecule has 0 amide bonds. The lowest BCUT2D eigenvalue weighted by Crippen LogP contribution is -2.37. The van der Waals surface area contributed by atoms with Gasteiger partial charge in [-0.2, -0.15) is 4.98 Å². The molecular weight excluding hydrogens is 261 g/mol. The van der Waals surface area contributed by atoms with E-state index in [-0.39, 0.29) is 6.04 Å². The van der Waals surface area contributed by atoms with Crippen LogP contribution < -0.4 is 15.5 Å².